The first-order chi connectivity index (χ1) is 18.7. The summed E-state index contributed by atoms with van der Waals surface area (Å²) in [6.07, 6.45) is 10.4. The van der Waals surface area contributed by atoms with E-state index in [1.165, 1.54) is 6.07 Å². The Morgan fingerprint density at radius 2 is 1.54 bits per heavy atom. The Morgan fingerprint density at radius 1 is 0.897 bits per heavy atom. The van der Waals surface area contributed by atoms with E-state index in [9.17, 15) is 23.7 Å². The van der Waals surface area contributed by atoms with Crippen LogP contribution in [0.15, 0.2) is 41.3 Å². The summed E-state index contributed by atoms with van der Waals surface area (Å²) >= 11 is 0. The molecule has 0 radical (unpaired) electrons. The number of aromatic hydroxyl groups is 1. The molecule has 0 spiro atoms. The van der Waals surface area contributed by atoms with Crippen LogP contribution in [0.2, 0.25) is 0 Å². The van der Waals surface area contributed by atoms with Crippen LogP contribution in [-0.4, -0.2) is 50.0 Å². The van der Waals surface area contributed by atoms with Gasteiger partial charge in [0.05, 0.1) is 17.6 Å². The number of benzene rings is 2. The Morgan fingerprint density at radius 3 is 2.18 bits per heavy atom. The van der Waals surface area contributed by atoms with Crippen molar-refractivity contribution in [3.05, 3.63) is 58.7 Å². The highest BCUT2D eigenvalue weighted by molar-refractivity contribution is 7.89. The molecule has 2 aromatic carbocycles. The van der Waals surface area contributed by atoms with Gasteiger partial charge in [0.1, 0.15) is 5.75 Å². The second-order valence-corrected chi connectivity index (χ2v) is 11.8. The standard InChI is InChI=1S/C30H48N2O6S/c1-2-3-6-11-24-18-25(20-28(19-24)39(31,36)37)12-7-10-17-38-16-9-5-4-8-15-32-22-30(35)26-13-14-29(34)27(21-26)23-33/h13-14,18-21,30,32-35H,2-12,15-17,22-23H2,1H3,(H2,31,36,37)/t30-/m0/s1. The number of primary sulfonamides is 1. The van der Waals surface area contributed by atoms with Gasteiger partial charge in [-0.1, -0.05) is 44.7 Å². The maximum atomic E-state index is 11.9. The van der Waals surface area contributed by atoms with Crippen LogP contribution in [-0.2, 0) is 34.2 Å². The molecule has 0 aromatic heterocycles. The lowest BCUT2D eigenvalue weighted by Gasteiger charge is -2.14. The lowest BCUT2D eigenvalue weighted by molar-refractivity contribution is 0.126. The Bertz CT molecular complexity index is 1080. The van der Waals surface area contributed by atoms with Gasteiger partial charge in [-0.05, 0) is 92.4 Å². The number of sulfonamides is 1. The van der Waals surface area contributed by atoms with E-state index in [4.69, 9.17) is 9.88 Å². The number of rotatable bonds is 21. The summed E-state index contributed by atoms with van der Waals surface area (Å²) in [6.45, 7) is 4.57. The molecule has 6 N–H and O–H groups in total. The van der Waals surface area contributed by atoms with Crippen molar-refractivity contribution in [2.45, 2.75) is 95.2 Å². The highest BCUT2D eigenvalue weighted by atomic mass is 32.2. The summed E-state index contributed by atoms with van der Waals surface area (Å²) < 4.78 is 29.5. The molecule has 2 aromatic rings. The quantitative estimate of drug-likeness (QED) is 0.141. The summed E-state index contributed by atoms with van der Waals surface area (Å²) in [5.41, 5.74) is 3.15. The molecular formula is C30H48N2O6S. The van der Waals surface area contributed by atoms with E-state index in [0.29, 0.717) is 24.3 Å². The first-order valence-corrected chi connectivity index (χ1v) is 15.8. The summed E-state index contributed by atoms with van der Waals surface area (Å²) in [5.74, 6) is 0.0325. The number of nitrogens with one attached hydrogen (secondary N) is 1. The first kappa shape index (κ1) is 33.2. The topological polar surface area (TPSA) is 142 Å². The minimum absolute atomic E-state index is 0.0325. The van der Waals surface area contributed by atoms with Crippen molar-refractivity contribution in [3.8, 4) is 5.75 Å². The van der Waals surface area contributed by atoms with Crippen molar-refractivity contribution >= 4 is 10.0 Å². The monoisotopic (exact) mass is 564 g/mol. The molecule has 0 aliphatic heterocycles. The van der Waals surface area contributed by atoms with E-state index < -0.39 is 16.1 Å². The molecule has 0 saturated carbocycles. The molecule has 0 aliphatic carbocycles. The van der Waals surface area contributed by atoms with Crippen LogP contribution in [0.25, 0.3) is 0 Å². The summed E-state index contributed by atoms with van der Waals surface area (Å²) in [6, 6.07) is 10.3. The van der Waals surface area contributed by atoms with Crippen molar-refractivity contribution in [2.75, 3.05) is 26.3 Å². The predicted octanol–water partition coefficient (Wildman–Crippen LogP) is 4.49. The number of phenols is 1. The molecule has 2 rings (SSSR count). The average molecular weight is 565 g/mol. The summed E-state index contributed by atoms with van der Waals surface area (Å²) in [7, 11) is -3.71. The smallest absolute Gasteiger partial charge is 0.238 e. The van der Waals surface area contributed by atoms with Gasteiger partial charge in [-0.2, -0.15) is 0 Å². The van der Waals surface area contributed by atoms with E-state index >= 15 is 0 Å². The minimum atomic E-state index is -3.71. The number of hydrogen-bond acceptors (Lipinski definition) is 7. The normalized spacial score (nSPS) is 12.6. The molecule has 0 aliphatic rings. The van der Waals surface area contributed by atoms with E-state index in [1.807, 2.05) is 0 Å². The van der Waals surface area contributed by atoms with Gasteiger partial charge < -0.3 is 25.4 Å². The Kier molecular flexibility index (Phi) is 15.6. The number of nitrogens with two attached hydrogens (primary N) is 1. The van der Waals surface area contributed by atoms with Crippen molar-refractivity contribution in [3.63, 3.8) is 0 Å². The van der Waals surface area contributed by atoms with E-state index in [2.05, 4.69) is 18.3 Å². The third-order valence-electron chi connectivity index (χ3n) is 6.82. The fourth-order valence-electron chi connectivity index (χ4n) is 4.50. The van der Waals surface area contributed by atoms with Gasteiger partial charge in [0.25, 0.3) is 0 Å². The van der Waals surface area contributed by atoms with E-state index in [1.54, 1.807) is 24.3 Å². The number of ether oxygens (including phenoxy) is 1. The zero-order valence-electron chi connectivity index (χ0n) is 23.4. The largest absolute Gasteiger partial charge is 0.508 e. The first-order valence-electron chi connectivity index (χ1n) is 14.3. The lowest BCUT2D eigenvalue weighted by atomic mass is 10.0. The average Bonchev–Trinajstić information content (AvgIpc) is 2.91. The molecule has 8 nitrogen and oxygen atoms in total. The van der Waals surface area contributed by atoms with Crippen LogP contribution in [0.1, 0.15) is 93.1 Å². The summed E-state index contributed by atoms with van der Waals surface area (Å²) in [5, 5.41) is 37.8. The van der Waals surface area contributed by atoms with Crippen LogP contribution in [0.4, 0.5) is 0 Å². The number of hydrogen-bond donors (Lipinski definition) is 5. The van der Waals surface area contributed by atoms with Gasteiger partial charge in [0.2, 0.25) is 10.0 Å². The highest BCUT2D eigenvalue weighted by Gasteiger charge is 2.12. The Hall–Kier alpha value is -2.01. The maximum Gasteiger partial charge on any atom is 0.238 e. The van der Waals surface area contributed by atoms with Gasteiger partial charge in [-0.15, -0.1) is 0 Å². The molecule has 0 fully saturated rings. The zero-order valence-corrected chi connectivity index (χ0v) is 24.2. The second kappa shape index (κ2) is 18.4. The van der Waals surface area contributed by atoms with Crippen LogP contribution < -0.4 is 10.5 Å². The number of aryl methyl sites for hydroxylation is 2. The van der Waals surface area contributed by atoms with Crippen molar-refractivity contribution in [2.24, 2.45) is 5.14 Å². The molecule has 0 saturated heterocycles. The number of unbranched alkanes of at least 4 members (excludes halogenated alkanes) is 6. The van der Waals surface area contributed by atoms with Gasteiger partial charge in [-0.3, -0.25) is 0 Å². The lowest BCUT2D eigenvalue weighted by Crippen LogP contribution is -2.22. The van der Waals surface area contributed by atoms with Crippen LogP contribution >= 0.6 is 0 Å². The Balaban J connectivity index is 1.52. The third kappa shape index (κ3) is 13.3. The van der Waals surface area contributed by atoms with Gasteiger partial charge in [-0.25, -0.2) is 13.6 Å². The maximum absolute atomic E-state index is 11.9. The molecule has 0 unspecified atom stereocenters. The molecule has 0 bridgehead atoms. The molecule has 1 atom stereocenters. The fraction of sp³-hybridized carbons (Fsp3) is 0.600. The third-order valence-corrected chi connectivity index (χ3v) is 7.71. The molecule has 39 heavy (non-hydrogen) atoms. The fourth-order valence-corrected chi connectivity index (χ4v) is 5.13. The minimum Gasteiger partial charge on any atom is -0.508 e. The molecular weight excluding hydrogens is 516 g/mol. The van der Waals surface area contributed by atoms with Crippen LogP contribution in [0, 0.1) is 0 Å². The van der Waals surface area contributed by atoms with E-state index in [-0.39, 0.29) is 17.3 Å². The molecule has 9 heteroatoms. The predicted molar refractivity (Wildman–Crippen MR) is 155 cm³/mol. The zero-order chi connectivity index (χ0) is 28.5. The molecule has 220 valence electrons. The van der Waals surface area contributed by atoms with Gasteiger partial charge in [0.15, 0.2) is 0 Å². The SMILES string of the molecule is CCCCCc1cc(CCCCOCCCCCCNC[C@H](O)c2ccc(O)c(CO)c2)cc(S(N)(=O)=O)c1. The van der Waals surface area contributed by atoms with E-state index in [0.717, 1.165) is 94.9 Å². The highest BCUT2D eigenvalue weighted by Crippen LogP contribution is 2.22. The Labute approximate surface area is 234 Å². The van der Waals surface area contributed by atoms with Crippen LogP contribution in [0.5, 0.6) is 5.75 Å². The molecule has 0 heterocycles. The van der Waals surface area contributed by atoms with Crippen molar-refractivity contribution < 1.29 is 28.5 Å². The number of aliphatic hydroxyl groups is 2. The van der Waals surface area contributed by atoms with Gasteiger partial charge in [0, 0.05) is 25.3 Å². The summed E-state index contributed by atoms with van der Waals surface area (Å²) in [4.78, 5) is 0.211. The molecule has 0 amide bonds. The van der Waals surface area contributed by atoms with Gasteiger partial charge >= 0.3 is 0 Å². The number of aliphatic hydroxyl groups excluding tert-OH is 2. The van der Waals surface area contributed by atoms with Crippen molar-refractivity contribution in [1.82, 2.24) is 5.32 Å². The second-order valence-electron chi connectivity index (χ2n) is 10.2. The van der Waals surface area contributed by atoms with Crippen LogP contribution in [0.3, 0.4) is 0 Å². The van der Waals surface area contributed by atoms with Crippen molar-refractivity contribution in [1.29, 1.82) is 0 Å².